The zero-order valence-electron chi connectivity index (χ0n) is 17.3. The first-order valence-corrected chi connectivity index (χ1v) is 9.93. The Labute approximate surface area is 158 Å². The van der Waals surface area contributed by atoms with Gasteiger partial charge in [-0.05, 0) is 62.3 Å². The highest BCUT2D eigenvalue weighted by Gasteiger charge is 2.33. The second-order valence-corrected chi connectivity index (χ2v) is 8.16. The summed E-state index contributed by atoms with van der Waals surface area (Å²) >= 11 is 0. The molecule has 2 atom stereocenters. The van der Waals surface area contributed by atoms with Gasteiger partial charge in [0.2, 0.25) is 0 Å². The molecule has 144 valence electrons. The van der Waals surface area contributed by atoms with Crippen molar-refractivity contribution in [3.8, 4) is 11.5 Å². The van der Waals surface area contributed by atoms with Gasteiger partial charge in [-0.3, -0.25) is 4.79 Å². The summed E-state index contributed by atoms with van der Waals surface area (Å²) in [5.74, 6) is 4.09. The maximum Gasteiger partial charge on any atom is 0.123 e. The number of rotatable bonds is 8. The monoisotopic (exact) mass is 357 g/mol. The van der Waals surface area contributed by atoms with Crippen LogP contribution in [0.1, 0.15) is 81.5 Å². The van der Waals surface area contributed by atoms with Crippen molar-refractivity contribution in [2.45, 2.75) is 92.1 Å². The van der Waals surface area contributed by atoms with Crippen LogP contribution in [0.4, 0.5) is 0 Å². The lowest BCUT2D eigenvalue weighted by atomic mass is 9.84. The minimum atomic E-state index is -0.0974. The van der Waals surface area contributed by atoms with E-state index in [1.807, 2.05) is 13.8 Å². The summed E-state index contributed by atoms with van der Waals surface area (Å²) in [6.45, 7) is 13.0. The molecule has 2 rings (SSSR count). The quantitative estimate of drug-likeness (QED) is 0.333. The summed E-state index contributed by atoms with van der Waals surface area (Å²) < 4.78 is 12.0. The van der Waals surface area contributed by atoms with Crippen LogP contribution in [-0.4, -0.2) is 11.5 Å². The van der Waals surface area contributed by atoms with E-state index in [0.29, 0.717) is 5.75 Å². The second-order valence-electron chi connectivity index (χ2n) is 8.16. The molecule has 0 saturated carbocycles. The molecule has 3 heteroatoms. The van der Waals surface area contributed by atoms with Crippen molar-refractivity contribution in [2.24, 2.45) is 5.92 Å². The summed E-state index contributed by atoms with van der Waals surface area (Å²) in [7, 11) is 0. The molecule has 1 aliphatic rings. The van der Waals surface area contributed by atoms with Gasteiger partial charge in [0, 0.05) is 6.26 Å². The van der Waals surface area contributed by atoms with E-state index in [1.165, 1.54) is 31.2 Å². The van der Waals surface area contributed by atoms with Gasteiger partial charge in [-0.2, -0.15) is 0 Å². The average molecular weight is 358 g/mol. The fraction of sp³-hybridized carbons (Fsp3) is 0.652. The molecule has 1 aromatic carbocycles. The smallest absolute Gasteiger partial charge is 0.123 e. The van der Waals surface area contributed by atoms with Crippen LogP contribution in [0.25, 0.3) is 0 Å². The van der Waals surface area contributed by atoms with Gasteiger partial charge in [0.05, 0.1) is 5.94 Å². The normalized spacial score (nSPS) is 19.9. The molecule has 3 nitrogen and oxygen atoms in total. The minimum absolute atomic E-state index is 0.0974. The Hall–Kier alpha value is -1.73. The van der Waals surface area contributed by atoms with E-state index < -0.39 is 0 Å². The third kappa shape index (κ3) is 4.51. The highest BCUT2D eigenvalue weighted by atomic mass is 16.5. The van der Waals surface area contributed by atoms with E-state index in [1.54, 1.807) is 5.94 Å². The number of hydrogen-bond donors (Lipinski definition) is 0. The zero-order valence-corrected chi connectivity index (χ0v) is 17.3. The number of carbonyl (C=O) groups excluding carboxylic acids is 1. The topological polar surface area (TPSA) is 35.5 Å². The van der Waals surface area contributed by atoms with Gasteiger partial charge >= 0.3 is 0 Å². The average Bonchev–Trinajstić information content (AvgIpc) is 2.60. The van der Waals surface area contributed by atoms with Gasteiger partial charge in [0.25, 0.3) is 0 Å². The Morgan fingerprint density at radius 3 is 2.62 bits per heavy atom. The van der Waals surface area contributed by atoms with E-state index in [-0.39, 0.29) is 5.60 Å². The van der Waals surface area contributed by atoms with Crippen molar-refractivity contribution in [3.63, 3.8) is 0 Å². The second kappa shape index (κ2) is 8.77. The third-order valence-corrected chi connectivity index (χ3v) is 5.94. The summed E-state index contributed by atoms with van der Waals surface area (Å²) in [5, 5.41) is 0. The molecule has 0 spiro atoms. The van der Waals surface area contributed by atoms with Crippen LogP contribution in [0.15, 0.2) is 0 Å². The fourth-order valence-corrected chi connectivity index (χ4v) is 4.14. The van der Waals surface area contributed by atoms with Gasteiger partial charge in [-0.15, -0.1) is 0 Å². The largest absolute Gasteiger partial charge is 0.631 e. The Balaban J connectivity index is 2.18. The summed E-state index contributed by atoms with van der Waals surface area (Å²) in [6.07, 6.45) is 10.3. The minimum Gasteiger partial charge on any atom is -0.631 e. The lowest BCUT2D eigenvalue weighted by Gasteiger charge is -2.40. The van der Waals surface area contributed by atoms with E-state index in [9.17, 15) is 4.79 Å². The molecule has 0 amide bonds. The number of hydrogen-bond acceptors (Lipinski definition) is 3. The van der Waals surface area contributed by atoms with Gasteiger partial charge in [0.1, 0.15) is 11.4 Å². The third-order valence-electron chi connectivity index (χ3n) is 5.94. The molecular formula is C23H33O3-. The van der Waals surface area contributed by atoms with Crippen molar-refractivity contribution < 1.29 is 14.3 Å². The Bertz CT molecular complexity index is 685. The molecule has 0 radical (unpaired) electrons. The maximum absolute atomic E-state index is 10.5. The van der Waals surface area contributed by atoms with Gasteiger partial charge in [-0.1, -0.05) is 58.1 Å². The first kappa shape index (κ1) is 20.6. The molecule has 0 N–H and O–H groups in total. The lowest BCUT2D eigenvalue weighted by Crippen LogP contribution is -2.37. The van der Waals surface area contributed by atoms with E-state index in [4.69, 9.17) is 9.47 Å². The highest BCUT2D eigenvalue weighted by molar-refractivity contribution is 5.59. The SMILES string of the molecule is CCCC(C)CCCC1(C)CCc2c(C)c(O[C-]=C=O)c(C)c(C)c2O1. The van der Waals surface area contributed by atoms with Crippen LogP contribution >= 0.6 is 0 Å². The van der Waals surface area contributed by atoms with Gasteiger partial charge < -0.3 is 9.47 Å². The molecule has 26 heavy (non-hydrogen) atoms. The molecular weight excluding hydrogens is 324 g/mol. The fourth-order valence-electron chi connectivity index (χ4n) is 4.14. The van der Waals surface area contributed by atoms with E-state index in [2.05, 4.69) is 34.0 Å². The highest BCUT2D eigenvalue weighted by Crippen LogP contribution is 2.45. The van der Waals surface area contributed by atoms with Gasteiger partial charge in [-0.25, -0.2) is 0 Å². The van der Waals surface area contributed by atoms with Crippen molar-refractivity contribution in [2.75, 3.05) is 0 Å². The van der Waals surface area contributed by atoms with Crippen LogP contribution in [0.3, 0.4) is 0 Å². The summed E-state index contributed by atoms with van der Waals surface area (Å²) in [6, 6.07) is 0. The molecule has 1 heterocycles. The number of benzene rings is 1. The Morgan fingerprint density at radius 2 is 1.96 bits per heavy atom. The molecule has 0 bridgehead atoms. The summed E-state index contributed by atoms with van der Waals surface area (Å²) in [5.41, 5.74) is 4.25. The van der Waals surface area contributed by atoms with Gasteiger partial charge in [0.15, 0.2) is 0 Å². The van der Waals surface area contributed by atoms with Crippen LogP contribution in [0.5, 0.6) is 11.5 Å². The maximum atomic E-state index is 10.5. The molecule has 0 aromatic heterocycles. The molecule has 1 aromatic rings. The zero-order chi connectivity index (χ0) is 19.3. The number of ether oxygens (including phenoxy) is 2. The Kier molecular flexibility index (Phi) is 6.94. The van der Waals surface area contributed by atoms with Crippen molar-refractivity contribution in [3.05, 3.63) is 28.5 Å². The molecule has 0 saturated heterocycles. The Morgan fingerprint density at radius 1 is 1.23 bits per heavy atom. The first-order chi connectivity index (χ1) is 12.3. The van der Waals surface area contributed by atoms with Crippen LogP contribution < -0.4 is 9.47 Å². The predicted octanol–water partition coefficient (Wildman–Crippen LogP) is 5.83. The molecule has 2 unspecified atom stereocenters. The van der Waals surface area contributed by atoms with Crippen molar-refractivity contribution in [1.29, 1.82) is 0 Å². The van der Waals surface area contributed by atoms with Crippen LogP contribution in [-0.2, 0) is 11.2 Å². The molecule has 1 aliphatic heterocycles. The summed E-state index contributed by atoms with van der Waals surface area (Å²) in [4.78, 5) is 10.5. The molecule has 0 aliphatic carbocycles. The standard InChI is InChI=1S/C23H33O3/c1-7-9-16(2)10-8-12-23(6)13-11-20-19(5)21(25-15-14-24)17(3)18(4)22(20)26-23/h16H,7-13H2,1-6H3/q-1. The lowest BCUT2D eigenvalue weighted by molar-refractivity contribution is 0.0512. The number of fused-ring (bicyclic) bond motifs is 1. The van der Waals surface area contributed by atoms with E-state index >= 15 is 0 Å². The van der Waals surface area contributed by atoms with Crippen LogP contribution in [0, 0.1) is 33.0 Å². The first-order valence-electron chi connectivity index (χ1n) is 9.93. The van der Waals surface area contributed by atoms with Crippen molar-refractivity contribution >= 4 is 5.94 Å². The van der Waals surface area contributed by atoms with E-state index in [0.717, 1.165) is 47.6 Å². The molecule has 0 fully saturated rings. The van der Waals surface area contributed by atoms with Crippen LogP contribution in [0.2, 0.25) is 0 Å². The predicted molar refractivity (Wildman–Crippen MR) is 105 cm³/mol. The van der Waals surface area contributed by atoms with Crippen molar-refractivity contribution in [1.82, 2.24) is 0 Å².